The smallest absolute Gasteiger partial charge is 0.138 e. The summed E-state index contributed by atoms with van der Waals surface area (Å²) in [6, 6.07) is 26.4. The molecule has 4 rings (SSSR count). The molecule has 0 fully saturated rings. The van der Waals surface area contributed by atoms with E-state index in [1.54, 1.807) is 0 Å². The Labute approximate surface area is 181 Å². The van der Waals surface area contributed by atoms with E-state index in [0.717, 1.165) is 27.4 Å². The largest absolute Gasteiger partial charge is 0.487 e. The van der Waals surface area contributed by atoms with Gasteiger partial charge in [0.05, 0.1) is 5.02 Å². The van der Waals surface area contributed by atoms with Gasteiger partial charge in [-0.05, 0) is 58.7 Å². The number of hydrogen-bond acceptors (Lipinski definition) is 2. The second kappa shape index (κ2) is 8.77. The molecule has 4 aromatic carbocycles. The molecule has 4 aromatic rings. The van der Waals surface area contributed by atoms with Crippen molar-refractivity contribution < 1.29 is 4.74 Å². The lowest BCUT2D eigenvalue weighted by Crippen LogP contribution is -2.01. The molecule has 0 aliphatic rings. The summed E-state index contributed by atoms with van der Waals surface area (Å²) in [4.78, 5) is 0. The summed E-state index contributed by atoms with van der Waals surface area (Å²) in [6.45, 7) is 3.12. The number of halogens is 2. The molecular formula is C25H21Cl2NO. The topological polar surface area (TPSA) is 21.3 Å². The van der Waals surface area contributed by atoms with E-state index in [2.05, 4.69) is 35.6 Å². The maximum Gasteiger partial charge on any atom is 0.138 e. The van der Waals surface area contributed by atoms with Crippen LogP contribution in [-0.2, 0) is 13.2 Å². The summed E-state index contributed by atoms with van der Waals surface area (Å²) in [5, 5.41) is 7.13. The van der Waals surface area contributed by atoms with E-state index >= 15 is 0 Å². The van der Waals surface area contributed by atoms with Crippen molar-refractivity contribution in [1.29, 1.82) is 0 Å². The van der Waals surface area contributed by atoms with Gasteiger partial charge in [-0.3, -0.25) is 0 Å². The van der Waals surface area contributed by atoms with E-state index in [0.29, 0.717) is 23.9 Å². The van der Waals surface area contributed by atoms with Crippen LogP contribution in [0.2, 0.25) is 10.0 Å². The van der Waals surface area contributed by atoms with Crippen LogP contribution < -0.4 is 10.1 Å². The molecule has 4 heteroatoms. The van der Waals surface area contributed by atoms with Crippen molar-refractivity contribution in [2.24, 2.45) is 0 Å². The van der Waals surface area contributed by atoms with E-state index in [-0.39, 0.29) is 0 Å². The monoisotopic (exact) mass is 421 g/mol. The van der Waals surface area contributed by atoms with Gasteiger partial charge in [0.15, 0.2) is 0 Å². The fourth-order valence-corrected chi connectivity index (χ4v) is 3.69. The fraction of sp³-hybridized carbons (Fsp3) is 0.120. The summed E-state index contributed by atoms with van der Waals surface area (Å²) < 4.78 is 6.01. The first kappa shape index (κ1) is 19.6. The van der Waals surface area contributed by atoms with Crippen LogP contribution in [0.15, 0.2) is 78.9 Å². The minimum absolute atomic E-state index is 0.473. The number of nitrogens with one attached hydrogen (secondary N) is 1. The Kier molecular flexibility index (Phi) is 5.94. The predicted octanol–water partition coefficient (Wildman–Crippen LogP) is 7.65. The van der Waals surface area contributed by atoms with Gasteiger partial charge in [-0.2, -0.15) is 0 Å². The molecular weight excluding hydrogens is 401 g/mol. The summed E-state index contributed by atoms with van der Waals surface area (Å²) >= 11 is 12.7. The Morgan fingerprint density at radius 1 is 0.828 bits per heavy atom. The van der Waals surface area contributed by atoms with Gasteiger partial charge >= 0.3 is 0 Å². The molecule has 29 heavy (non-hydrogen) atoms. The lowest BCUT2D eigenvalue weighted by atomic mass is 10.1. The first-order valence-electron chi connectivity index (χ1n) is 9.48. The highest BCUT2D eigenvalue weighted by Gasteiger charge is 2.06. The SMILES string of the molecule is Cc1ccc(NCc2ccc(OCc3cccc4ccccc34)c(Cl)c2)cc1Cl. The number of hydrogen-bond donors (Lipinski definition) is 1. The van der Waals surface area contributed by atoms with E-state index in [1.807, 2.05) is 55.5 Å². The third kappa shape index (κ3) is 4.67. The number of anilines is 1. The van der Waals surface area contributed by atoms with Gasteiger partial charge in [-0.15, -0.1) is 0 Å². The number of rotatable bonds is 6. The van der Waals surface area contributed by atoms with Crippen molar-refractivity contribution in [3.05, 3.63) is 106 Å². The van der Waals surface area contributed by atoms with E-state index in [9.17, 15) is 0 Å². The minimum Gasteiger partial charge on any atom is -0.487 e. The molecule has 0 heterocycles. The van der Waals surface area contributed by atoms with E-state index < -0.39 is 0 Å². The molecule has 0 atom stereocenters. The highest BCUT2D eigenvalue weighted by Crippen LogP contribution is 2.28. The van der Waals surface area contributed by atoms with Crippen LogP contribution in [0.4, 0.5) is 5.69 Å². The van der Waals surface area contributed by atoms with Crippen LogP contribution in [0, 0.1) is 6.92 Å². The molecule has 1 N–H and O–H groups in total. The van der Waals surface area contributed by atoms with Crippen molar-refractivity contribution in [2.75, 3.05) is 5.32 Å². The molecule has 0 unspecified atom stereocenters. The summed E-state index contributed by atoms with van der Waals surface area (Å²) in [5.74, 6) is 0.682. The molecule has 0 amide bonds. The van der Waals surface area contributed by atoms with Crippen molar-refractivity contribution in [1.82, 2.24) is 0 Å². The quantitative estimate of drug-likeness (QED) is 0.345. The summed E-state index contributed by atoms with van der Waals surface area (Å²) in [7, 11) is 0. The zero-order valence-electron chi connectivity index (χ0n) is 16.1. The van der Waals surface area contributed by atoms with Crippen LogP contribution >= 0.6 is 23.2 Å². The fourth-order valence-electron chi connectivity index (χ4n) is 3.25. The molecule has 0 aliphatic heterocycles. The van der Waals surface area contributed by atoms with Gasteiger partial charge in [0.2, 0.25) is 0 Å². The Bertz CT molecular complexity index is 1150. The second-order valence-corrected chi connectivity index (χ2v) is 7.82. The van der Waals surface area contributed by atoms with Gasteiger partial charge in [0.25, 0.3) is 0 Å². The van der Waals surface area contributed by atoms with Gasteiger partial charge in [0.1, 0.15) is 12.4 Å². The molecule has 0 bridgehead atoms. The third-order valence-corrected chi connectivity index (χ3v) is 5.63. The Morgan fingerprint density at radius 3 is 2.48 bits per heavy atom. The summed E-state index contributed by atoms with van der Waals surface area (Å²) in [6.07, 6.45) is 0. The predicted molar refractivity (Wildman–Crippen MR) is 123 cm³/mol. The average Bonchev–Trinajstić information content (AvgIpc) is 2.74. The van der Waals surface area contributed by atoms with Gasteiger partial charge in [0, 0.05) is 17.3 Å². The number of benzene rings is 4. The summed E-state index contributed by atoms with van der Waals surface area (Å²) in [5.41, 5.74) is 4.26. The minimum atomic E-state index is 0.473. The molecule has 2 nitrogen and oxygen atoms in total. The van der Waals surface area contributed by atoms with Crippen LogP contribution in [0.5, 0.6) is 5.75 Å². The zero-order valence-corrected chi connectivity index (χ0v) is 17.6. The number of fused-ring (bicyclic) bond motifs is 1. The molecule has 0 aromatic heterocycles. The van der Waals surface area contributed by atoms with Crippen molar-refractivity contribution >= 4 is 39.7 Å². The van der Waals surface area contributed by atoms with Crippen LogP contribution in [0.1, 0.15) is 16.7 Å². The molecule has 0 radical (unpaired) electrons. The Morgan fingerprint density at radius 2 is 1.66 bits per heavy atom. The van der Waals surface area contributed by atoms with Crippen molar-refractivity contribution in [3.8, 4) is 5.75 Å². The van der Waals surface area contributed by atoms with Crippen molar-refractivity contribution in [2.45, 2.75) is 20.1 Å². The Balaban J connectivity index is 1.42. The van der Waals surface area contributed by atoms with Gasteiger partial charge in [-0.25, -0.2) is 0 Å². The normalized spacial score (nSPS) is 10.9. The van der Waals surface area contributed by atoms with Gasteiger partial charge < -0.3 is 10.1 Å². The number of aryl methyl sites for hydroxylation is 1. The highest BCUT2D eigenvalue weighted by molar-refractivity contribution is 6.32. The second-order valence-electron chi connectivity index (χ2n) is 7.01. The maximum atomic E-state index is 6.47. The molecule has 0 spiro atoms. The van der Waals surface area contributed by atoms with Crippen LogP contribution in [0.25, 0.3) is 10.8 Å². The molecule has 0 aliphatic carbocycles. The lowest BCUT2D eigenvalue weighted by Gasteiger charge is -2.12. The molecule has 0 saturated carbocycles. The molecule has 0 saturated heterocycles. The maximum absolute atomic E-state index is 6.47. The molecule has 146 valence electrons. The van der Waals surface area contributed by atoms with Crippen LogP contribution in [0.3, 0.4) is 0 Å². The lowest BCUT2D eigenvalue weighted by molar-refractivity contribution is 0.308. The van der Waals surface area contributed by atoms with Gasteiger partial charge in [-0.1, -0.05) is 77.8 Å². The third-order valence-electron chi connectivity index (χ3n) is 4.93. The standard InChI is InChI=1S/C25H21Cl2NO/c1-17-9-11-21(14-23(17)26)28-15-18-10-12-25(24(27)13-18)29-16-20-7-4-6-19-5-2-3-8-22(19)20/h2-14,28H,15-16H2,1H3. The first-order valence-corrected chi connectivity index (χ1v) is 10.2. The van der Waals surface area contributed by atoms with Crippen LogP contribution in [-0.4, -0.2) is 0 Å². The number of ether oxygens (including phenoxy) is 1. The Hall–Kier alpha value is -2.68. The average molecular weight is 422 g/mol. The van der Waals surface area contributed by atoms with Crippen molar-refractivity contribution in [3.63, 3.8) is 0 Å². The van der Waals surface area contributed by atoms with E-state index in [1.165, 1.54) is 10.8 Å². The zero-order chi connectivity index (χ0) is 20.2. The highest BCUT2D eigenvalue weighted by atomic mass is 35.5. The first-order chi connectivity index (χ1) is 14.1. The van der Waals surface area contributed by atoms with E-state index in [4.69, 9.17) is 27.9 Å².